The largest absolute Gasteiger partial charge is 0.384 e. The van der Waals surface area contributed by atoms with E-state index in [0.29, 0.717) is 5.41 Å². The van der Waals surface area contributed by atoms with Crippen molar-refractivity contribution in [2.45, 2.75) is 44.9 Å². The monoisotopic (exact) mass is 245 g/mol. The number of hydrogen-bond donors (Lipinski definition) is 1. The molecule has 4 aliphatic carbocycles. The summed E-state index contributed by atoms with van der Waals surface area (Å²) in [6.07, 6.45) is 11.8. The summed E-state index contributed by atoms with van der Waals surface area (Å²) >= 11 is 0. The number of imidazole rings is 1. The molecule has 3 heteroatoms. The molecule has 4 saturated carbocycles. The minimum Gasteiger partial charge on any atom is -0.384 e. The Labute approximate surface area is 109 Å². The second-order valence-electron chi connectivity index (χ2n) is 7.28. The van der Waals surface area contributed by atoms with Crippen molar-refractivity contribution in [1.82, 2.24) is 9.55 Å². The first kappa shape index (κ1) is 10.9. The molecule has 0 amide bonds. The predicted octanol–water partition coefficient (Wildman–Crippen LogP) is 2.76. The highest BCUT2D eigenvalue weighted by Crippen LogP contribution is 2.61. The molecule has 0 aliphatic heterocycles. The molecule has 0 atom stereocenters. The molecule has 0 aromatic carbocycles. The molecular weight excluding hydrogens is 222 g/mol. The number of anilines is 1. The summed E-state index contributed by atoms with van der Waals surface area (Å²) in [6, 6.07) is 0. The minimum atomic E-state index is 0.553. The number of aryl methyl sites for hydroxylation is 1. The maximum absolute atomic E-state index is 6.13. The fourth-order valence-electron chi connectivity index (χ4n) is 5.49. The van der Waals surface area contributed by atoms with Crippen molar-refractivity contribution in [2.75, 3.05) is 5.73 Å². The Morgan fingerprint density at radius 3 is 2.22 bits per heavy atom. The zero-order chi connectivity index (χ0) is 12.3. The summed E-state index contributed by atoms with van der Waals surface area (Å²) < 4.78 is 1.95. The van der Waals surface area contributed by atoms with Crippen LogP contribution in [0.15, 0.2) is 6.33 Å². The fourth-order valence-corrected chi connectivity index (χ4v) is 5.49. The fraction of sp³-hybridized carbons (Fsp3) is 0.800. The van der Waals surface area contributed by atoms with Gasteiger partial charge in [-0.25, -0.2) is 4.98 Å². The highest BCUT2D eigenvalue weighted by Gasteiger charge is 2.51. The lowest BCUT2D eigenvalue weighted by molar-refractivity contribution is -0.0525. The molecule has 98 valence electrons. The van der Waals surface area contributed by atoms with Gasteiger partial charge in [0.25, 0.3) is 0 Å². The van der Waals surface area contributed by atoms with Crippen LogP contribution in [0.3, 0.4) is 0 Å². The second-order valence-corrected chi connectivity index (χ2v) is 7.28. The van der Waals surface area contributed by atoms with Gasteiger partial charge in [0.2, 0.25) is 0 Å². The van der Waals surface area contributed by atoms with Crippen molar-refractivity contribution in [3.63, 3.8) is 0 Å². The highest BCUT2D eigenvalue weighted by atomic mass is 15.1. The van der Waals surface area contributed by atoms with Crippen LogP contribution >= 0.6 is 0 Å². The molecule has 0 radical (unpaired) electrons. The van der Waals surface area contributed by atoms with Crippen molar-refractivity contribution < 1.29 is 0 Å². The van der Waals surface area contributed by atoms with Crippen LogP contribution < -0.4 is 5.73 Å². The van der Waals surface area contributed by atoms with Gasteiger partial charge in [-0.1, -0.05) is 0 Å². The molecule has 1 heterocycles. The van der Waals surface area contributed by atoms with Crippen molar-refractivity contribution in [3.8, 4) is 0 Å². The molecule has 1 aromatic heterocycles. The SMILES string of the molecule is Cn1cnc(CC23CC4CC(CC(C4)C2)C3)c1N. The van der Waals surface area contributed by atoms with E-state index in [4.69, 9.17) is 5.73 Å². The molecule has 18 heavy (non-hydrogen) atoms. The Morgan fingerprint density at radius 1 is 1.22 bits per heavy atom. The lowest BCUT2D eigenvalue weighted by Gasteiger charge is -2.56. The standard InChI is InChI=1S/C15H23N3/c1-18-9-17-13(14(18)16)8-15-5-10-2-11(6-15)4-12(3-10)7-15/h9-12H,2-8,16H2,1H3. The molecular formula is C15H23N3. The molecule has 1 aromatic rings. The van der Waals surface area contributed by atoms with Crippen LogP contribution in [0.4, 0.5) is 5.82 Å². The van der Waals surface area contributed by atoms with E-state index in [-0.39, 0.29) is 0 Å². The number of nitrogens with zero attached hydrogens (tertiary/aromatic N) is 2. The number of aromatic nitrogens is 2. The summed E-state index contributed by atoms with van der Waals surface area (Å²) in [5.74, 6) is 3.93. The number of hydrogen-bond acceptors (Lipinski definition) is 2. The Morgan fingerprint density at radius 2 is 1.78 bits per heavy atom. The lowest BCUT2D eigenvalue weighted by Crippen LogP contribution is -2.47. The van der Waals surface area contributed by atoms with Gasteiger partial charge in [0.05, 0.1) is 12.0 Å². The van der Waals surface area contributed by atoms with Gasteiger partial charge in [-0.2, -0.15) is 0 Å². The van der Waals surface area contributed by atoms with E-state index in [9.17, 15) is 0 Å². The Kier molecular flexibility index (Phi) is 2.13. The van der Waals surface area contributed by atoms with Crippen LogP contribution in [-0.4, -0.2) is 9.55 Å². The summed E-state index contributed by atoms with van der Waals surface area (Å²) in [6.45, 7) is 0. The summed E-state index contributed by atoms with van der Waals surface area (Å²) in [7, 11) is 1.99. The van der Waals surface area contributed by atoms with Crippen molar-refractivity contribution in [3.05, 3.63) is 12.0 Å². The van der Waals surface area contributed by atoms with E-state index in [1.807, 2.05) is 17.9 Å². The number of nitrogen functional groups attached to an aromatic ring is 1. The van der Waals surface area contributed by atoms with E-state index < -0.39 is 0 Å². The normalized spacial score (nSPS) is 41.5. The van der Waals surface area contributed by atoms with Crippen LogP contribution in [0.2, 0.25) is 0 Å². The van der Waals surface area contributed by atoms with Crippen LogP contribution in [0.1, 0.15) is 44.2 Å². The number of rotatable bonds is 2. The second kappa shape index (κ2) is 3.52. The molecule has 4 aliphatic rings. The van der Waals surface area contributed by atoms with Crippen LogP contribution in [-0.2, 0) is 13.5 Å². The minimum absolute atomic E-state index is 0.553. The molecule has 4 bridgehead atoms. The Balaban J connectivity index is 1.62. The van der Waals surface area contributed by atoms with Gasteiger partial charge in [-0.3, -0.25) is 0 Å². The van der Waals surface area contributed by atoms with Crippen LogP contribution in [0.25, 0.3) is 0 Å². The van der Waals surface area contributed by atoms with Gasteiger partial charge in [0.1, 0.15) is 5.82 Å². The maximum atomic E-state index is 6.13. The molecule has 4 fully saturated rings. The quantitative estimate of drug-likeness (QED) is 0.870. The Hall–Kier alpha value is -0.990. The third kappa shape index (κ3) is 1.52. The number of nitrogens with two attached hydrogens (primary N) is 1. The first-order valence-corrected chi connectivity index (χ1v) is 7.39. The summed E-state index contributed by atoms with van der Waals surface area (Å²) in [5, 5.41) is 0. The lowest BCUT2D eigenvalue weighted by atomic mass is 9.48. The zero-order valence-corrected chi connectivity index (χ0v) is 11.2. The van der Waals surface area contributed by atoms with Gasteiger partial charge in [0, 0.05) is 7.05 Å². The van der Waals surface area contributed by atoms with Crippen molar-refractivity contribution in [1.29, 1.82) is 0 Å². The van der Waals surface area contributed by atoms with E-state index in [1.54, 1.807) is 0 Å². The van der Waals surface area contributed by atoms with Crippen LogP contribution in [0.5, 0.6) is 0 Å². The van der Waals surface area contributed by atoms with Gasteiger partial charge in [-0.05, 0) is 68.1 Å². The van der Waals surface area contributed by atoms with Gasteiger partial charge in [-0.15, -0.1) is 0 Å². The molecule has 0 saturated heterocycles. The predicted molar refractivity (Wildman–Crippen MR) is 71.9 cm³/mol. The molecule has 2 N–H and O–H groups in total. The molecule has 0 spiro atoms. The van der Waals surface area contributed by atoms with Crippen molar-refractivity contribution >= 4 is 5.82 Å². The average molecular weight is 245 g/mol. The summed E-state index contributed by atoms with van der Waals surface area (Å²) in [5.41, 5.74) is 7.84. The van der Waals surface area contributed by atoms with Crippen LogP contribution in [0, 0.1) is 23.2 Å². The summed E-state index contributed by atoms with van der Waals surface area (Å²) in [4.78, 5) is 4.53. The van der Waals surface area contributed by atoms with E-state index in [2.05, 4.69) is 4.98 Å². The van der Waals surface area contributed by atoms with Gasteiger partial charge >= 0.3 is 0 Å². The van der Waals surface area contributed by atoms with Gasteiger partial charge < -0.3 is 10.3 Å². The molecule has 5 rings (SSSR count). The zero-order valence-electron chi connectivity index (χ0n) is 11.2. The van der Waals surface area contributed by atoms with E-state index in [0.717, 1.165) is 35.7 Å². The van der Waals surface area contributed by atoms with Gasteiger partial charge in [0.15, 0.2) is 0 Å². The maximum Gasteiger partial charge on any atom is 0.126 e. The highest BCUT2D eigenvalue weighted by molar-refractivity contribution is 5.36. The van der Waals surface area contributed by atoms with E-state index >= 15 is 0 Å². The Bertz CT molecular complexity index is 439. The first-order valence-electron chi connectivity index (χ1n) is 7.39. The third-order valence-electron chi connectivity index (χ3n) is 5.77. The molecule has 3 nitrogen and oxygen atoms in total. The van der Waals surface area contributed by atoms with E-state index in [1.165, 1.54) is 38.5 Å². The first-order chi connectivity index (χ1) is 8.63. The topological polar surface area (TPSA) is 43.8 Å². The smallest absolute Gasteiger partial charge is 0.126 e. The third-order valence-corrected chi connectivity index (χ3v) is 5.77. The van der Waals surface area contributed by atoms with Crippen molar-refractivity contribution in [2.24, 2.45) is 30.2 Å². The average Bonchev–Trinajstić information content (AvgIpc) is 2.58. The molecule has 0 unspecified atom stereocenters.